The van der Waals surface area contributed by atoms with Gasteiger partial charge in [-0.05, 0) is 102 Å². The number of hydrogen-bond acceptors (Lipinski definition) is 5. The number of hydrogen-bond donors (Lipinski definition) is 0. The lowest BCUT2D eigenvalue weighted by atomic mass is 9.65. The summed E-state index contributed by atoms with van der Waals surface area (Å²) in [5.74, 6) is 1.51. The molecule has 1 aliphatic carbocycles. The molecule has 1 spiro atoms. The topological polar surface area (TPSA) is 86.5 Å². The Labute approximate surface area is 382 Å². The van der Waals surface area contributed by atoms with Crippen LogP contribution in [0.25, 0.3) is 93.9 Å². The molecule has 7 aromatic carbocycles. The first-order valence-electron chi connectivity index (χ1n) is 22.4. The highest BCUT2D eigenvalue weighted by atomic mass is 16.5. The molecule has 6 aromatic heterocycles. The van der Waals surface area contributed by atoms with Crippen molar-refractivity contribution in [3.63, 3.8) is 0 Å². The normalized spacial score (nSPS) is 13.3. The molecule has 0 fully saturated rings. The maximum atomic E-state index is 9.97. The van der Waals surface area contributed by atoms with Gasteiger partial charge in [0.25, 0.3) is 0 Å². The number of aromatic nitrogens is 6. The third-order valence-electron chi connectivity index (χ3n) is 14.3. The molecule has 8 nitrogen and oxygen atoms in total. The first-order chi connectivity index (χ1) is 33.2. The second kappa shape index (κ2) is 13.1. The molecule has 7 heterocycles. The molecule has 8 heteroatoms. The molecule has 0 saturated carbocycles. The zero-order valence-electron chi connectivity index (χ0n) is 35.6. The fourth-order valence-corrected chi connectivity index (χ4v) is 11.7. The number of para-hydroxylation sites is 3. The zero-order chi connectivity index (χ0) is 44.0. The molecule has 0 radical (unpaired) electrons. The van der Waals surface area contributed by atoms with Crippen molar-refractivity contribution < 1.29 is 4.74 Å². The molecule has 67 heavy (non-hydrogen) atoms. The van der Waals surface area contributed by atoms with Gasteiger partial charge in [-0.25, -0.2) is 0 Å². The van der Waals surface area contributed by atoms with Gasteiger partial charge >= 0.3 is 0 Å². The van der Waals surface area contributed by atoms with Crippen molar-refractivity contribution in [3.05, 3.63) is 229 Å². The van der Waals surface area contributed by atoms with Crippen LogP contribution >= 0.6 is 0 Å². The summed E-state index contributed by atoms with van der Waals surface area (Å²) in [6.07, 6.45) is 7.55. The minimum absolute atomic E-state index is 0.621. The summed E-state index contributed by atoms with van der Waals surface area (Å²) >= 11 is 0. The summed E-state index contributed by atoms with van der Waals surface area (Å²) in [7, 11) is 0. The van der Waals surface area contributed by atoms with E-state index in [0.717, 1.165) is 117 Å². The Morgan fingerprint density at radius 2 is 1.01 bits per heavy atom. The largest absolute Gasteiger partial charge is 0.457 e. The second-order valence-corrected chi connectivity index (χ2v) is 17.5. The van der Waals surface area contributed by atoms with Gasteiger partial charge in [0, 0.05) is 79.5 Å². The highest BCUT2D eigenvalue weighted by molar-refractivity contribution is 6.13. The molecule has 1 aliphatic heterocycles. The average Bonchev–Trinajstić information content (AvgIpc) is 4.10. The van der Waals surface area contributed by atoms with Crippen molar-refractivity contribution in [3.8, 4) is 46.0 Å². The summed E-state index contributed by atoms with van der Waals surface area (Å²) in [4.78, 5) is 14.6. The number of nitriles is 1. The number of benzene rings is 7. The van der Waals surface area contributed by atoms with E-state index in [2.05, 4.69) is 176 Å². The van der Waals surface area contributed by atoms with Crippen LogP contribution in [-0.4, -0.2) is 28.7 Å². The monoisotopic (exact) mass is 855 g/mol. The zero-order valence-corrected chi connectivity index (χ0v) is 35.6. The van der Waals surface area contributed by atoms with Crippen molar-refractivity contribution in [2.45, 2.75) is 5.41 Å². The molecule has 0 saturated heterocycles. The SMILES string of the molecule is N#Cc1ccc2c(c1)c1ccccc1n2-c1cccc2c1C1(c3ccc(-n4c5ccccc5c5cc(-n6c7ccccc7c7ccncc76)ccc54)cc3O2)c2cccnc2-c2ncccc21. The number of fused-ring (bicyclic) bond motifs is 18. The van der Waals surface area contributed by atoms with E-state index in [1.54, 1.807) is 0 Å². The van der Waals surface area contributed by atoms with E-state index in [1.165, 1.54) is 10.8 Å². The standard InChI is InChI=1S/C59H33N7O/c60-33-35-20-24-51-42(30-35)39-11-3-6-17-49(39)66(51)52-18-7-19-54-56(52)59(45-13-8-27-62-57(45)58-46(59)14-9-28-63-58)44-23-21-37(32-55(44)67-54)64-48-16-5-2-12-40(48)43-31-36(22-25-50(43)64)65-47-15-4-1-10-38(47)41-26-29-61-34-53(41)65/h1-32,34H. The molecule has 13 aromatic rings. The van der Waals surface area contributed by atoms with Gasteiger partial charge in [-0.2, -0.15) is 5.26 Å². The first kappa shape index (κ1) is 36.1. The maximum absolute atomic E-state index is 9.97. The highest BCUT2D eigenvalue weighted by Gasteiger charge is 2.54. The molecule has 15 rings (SSSR count). The Hall–Kier alpha value is -9.32. The first-order valence-corrected chi connectivity index (χ1v) is 22.4. The highest BCUT2D eigenvalue weighted by Crippen LogP contribution is 2.63. The van der Waals surface area contributed by atoms with E-state index in [1.807, 2.05) is 49.1 Å². The van der Waals surface area contributed by atoms with E-state index in [4.69, 9.17) is 14.7 Å². The molecular weight excluding hydrogens is 823 g/mol. The Morgan fingerprint density at radius 3 is 1.75 bits per heavy atom. The number of nitrogens with zero attached hydrogens (tertiary/aromatic N) is 7. The van der Waals surface area contributed by atoms with Gasteiger partial charge in [0.05, 0.1) is 73.4 Å². The summed E-state index contributed by atoms with van der Waals surface area (Å²) in [6.45, 7) is 0. The van der Waals surface area contributed by atoms with Crippen LogP contribution in [-0.2, 0) is 5.41 Å². The van der Waals surface area contributed by atoms with Crippen LogP contribution in [0.1, 0.15) is 27.8 Å². The van der Waals surface area contributed by atoms with E-state index in [9.17, 15) is 5.26 Å². The van der Waals surface area contributed by atoms with Gasteiger partial charge in [0.1, 0.15) is 11.5 Å². The third-order valence-corrected chi connectivity index (χ3v) is 14.3. The summed E-state index contributed by atoms with van der Waals surface area (Å²) in [6, 6.07) is 64.4. The summed E-state index contributed by atoms with van der Waals surface area (Å²) in [5, 5.41) is 16.8. The van der Waals surface area contributed by atoms with Crippen LogP contribution in [0.2, 0.25) is 0 Å². The minimum Gasteiger partial charge on any atom is -0.457 e. The van der Waals surface area contributed by atoms with Crippen molar-refractivity contribution in [1.29, 1.82) is 5.26 Å². The average molecular weight is 856 g/mol. The Morgan fingerprint density at radius 1 is 0.433 bits per heavy atom. The molecule has 0 bridgehead atoms. The van der Waals surface area contributed by atoms with Crippen molar-refractivity contribution in [2.24, 2.45) is 0 Å². The fourth-order valence-electron chi connectivity index (χ4n) is 11.7. The van der Waals surface area contributed by atoms with Gasteiger partial charge in [0.2, 0.25) is 0 Å². The molecule has 0 unspecified atom stereocenters. The Kier molecular flexibility index (Phi) is 7.07. The van der Waals surface area contributed by atoms with Crippen molar-refractivity contribution in [2.75, 3.05) is 0 Å². The fraction of sp³-hybridized carbons (Fsp3) is 0.0169. The van der Waals surface area contributed by atoms with Gasteiger partial charge < -0.3 is 18.4 Å². The summed E-state index contributed by atoms with van der Waals surface area (Å²) < 4.78 is 14.3. The molecule has 0 amide bonds. The van der Waals surface area contributed by atoms with E-state index >= 15 is 0 Å². The van der Waals surface area contributed by atoms with E-state index in [-0.39, 0.29) is 0 Å². The lowest BCUT2D eigenvalue weighted by molar-refractivity contribution is 0.435. The summed E-state index contributed by atoms with van der Waals surface area (Å²) in [5.41, 5.74) is 15.1. The lowest BCUT2D eigenvalue weighted by Crippen LogP contribution is -2.33. The van der Waals surface area contributed by atoms with Crippen LogP contribution in [0.5, 0.6) is 11.5 Å². The Balaban J connectivity index is 0.988. The van der Waals surface area contributed by atoms with Gasteiger partial charge in [-0.1, -0.05) is 78.9 Å². The van der Waals surface area contributed by atoms with Crippen LogP contribution in [0.4, 0.5) is 0 Å². The van der Waals surface area contributed by atoms with Crippen LogP contribution in [0.3, 0.4) is 0 Å². The van der Waals surface area contributed by atoms with Gasteiger partial charge in [-0.3, -0.25) is 15.0 Å². The van der Waals surface area contributed by atoms with Crippen LogP contribution in [0, 0.1) is 11.3 Å². The quantitative estimate of drug-likeness (QED) is 0.177. The molecule has 0 atom stereocenters. The maximum Gasteiger partial charge on any atom is 0.134 e. The Bertz CT molecular complexity index is 4260. The number of pyridine rings is 3. The smallest absolute Gasteiger partial charge is 0.134 e. The minimum atomic E-state index is -0.859. The van der Waals surface area contributed by atoms with Gasteiger partial charge in [0.15, 0.2) is 0 Å². The van der Waals surface area contributed by atoms with Crippen molar-refractivity contribution in [1.82, 2.24) is 28.7 Å². The van der Waals surface area contributed by atoms with Gasteiger partial charge in [-0.15, -0.1) is 0 Å². The predicted octanol–water partition coefficient (Wildman–Crippen LogP) is 13.5. The molecule has 310 valence electrons. The lowest BCUT2D eigenvalue weighted by Gasteiger charge is -2.40. The number of ether oxygens (including phenoxy) is 1. The van der Waals surface area contributed by atoms with E-state index < -0.39 is 5.41 Å². The molecular formula is C59H33N7O. The second-order valence-electron chi connectivity index (χ2n) is 17.5. The molecule has 2 aliphatic rings. The van der Waals surface area contributed by atoms with Crippen LogP contribution < -0.4 is 4.74 Å². The van der Waals surface area contributed by atoms with Crippen LogP contribution in [0.15, 0.2) is 201 Å². The predicted molar refractivity (Wildman–Crippen MR) is 265 cm³/mol. The van der Waals surface area contributed by atoms with Crippen molar-refractivity contribution >= 4 is 65.4 Å². The molecule has 0 N–H and O–H groups in total. The van der Waals surface area contributed by atoms with E-state index in [0.29, 0.717) is 5.56 Å². The number of rotatable bonds is 3. The third kappa shape index (κ3) is 4.61.